The summed E-state index contributed by atoms with van der Waals surface area (Å²) in [6.45, 7) is 6.72. The van der Waals surface area contributed by atoms with Gasteiger partial charge in [0.1, 0.15) is 5.69 Å². The summed E-state index contributed by atoms with van der Waals surface area (Å²) in [5, 5.41) is 11.7. The fraction of sp³-hybridized carbons (Fsp3) is 0.571. The van der Waals surface area contributed by atoms with Crippen LogP contribution in [0.3, 0.4) is 0 Å². The molecule has 1 aromatic carbocycles. The molecule has 4 rings (SSSR count). The second-order valence-corrected chi connectivity index (χ2v) is 9.13. The number of nitrogens with one attached hydrogen (secondary N) is 1. The highest BCUT2D eigenvalue weighted by Crippen LogP contribution is 2.30. The minimum absolute atomic E-state index is 0.0258. The van der Waals surface area contributed by atoms with Crippen LogP contribution in [0.5, 0.6) is 0 Å². The van der Waals surface area contributed by atoms with E-state index in [0.29, 0.717) is 13.0 Å². The third-order valence-corrected chi connectivity index (χ3v) is 5.82. The Bertz CT molecular complexity index is 887. The summed E-state index contributed by atoms with van der Waals surface area (Å²) >= 11 is 0. The van der Waals surface area contributed by atoms with Gasteiger partial charge in [-0.25, -0.2) is 13.5 Å². The molecule has 156 valence electrons. The Kier molecular flexibility index (Phi) is 4.93. The van der Waals surface area contributed by atoms with Gasteiger partial charge in [0.25, 0.3) is 5.92 Å². The van der Waals surface area contributed by atoms with Gasteiger partial charge in [-0.15, -0.1) is 5.10 Å². The molecule has 2 aliphatic rings. The maximum Gasteiger partial charge on any atom is 0.267 e. The van der Waals surface area contributed by atoms with Gasteiger partial charge in [0.2, 0.25) is 5.91 Å². The number of alkyl halides is 2. The average Bonchev–Trinajstić information content (AvgIpc) is 3.39. The number of rotatable bonds is 3. The van der Waals surface area contributed by atoms with Gasteiger partial charge in [-0.3, -0.25) is 4.79 Å². The highest BCUT2D eigenvalue weighted by Gasteiger charge is 2.43. The van der Waals surface area contributed by atoms with Crippen LogP contribution in [-0.4, -0.2) is 57.4 Å². The molecule has 0 aliphatic carbocycles. The first-order valence-electron chi connectivity index (χ1n) is 10.1. The largest absolute Gasteiger partial charge is 0.335 e. The van der Waals surface area contributed by atoms with E-state index < -0.39 is 18.5 Å². The number of amides is 1. The first-order valence-corrected chi connectivity index (χ1v) is 10.1. The molecule has 0 bridgehead atoms. The average molecular weight is 403 g/mol. The van der Waals surface area contributed by atoms with Gasteiger partial charge in [0, 0.05) is 25.1 Å². The lowest BCUT2D eigenvalue weighted by atomic mass is 9.86. The SMILES string of the molecule is CC(C)(C)c1ccc(-c2cn([C@@H]3CN[C@H](C(=O)N4CCC(F)(F)C4)C3)nn2)cc1. The van der Waals surface area contributed by atoms with Crippen molar-refractivity contribution in [2.45, 2.75) is 57.0 Å². The Morgan fingerprint density at radius 1 is 1.24 bits per heavy atom. The zero-order valence-electron chi connectivity index (χ0n) is 17.0. The van der Waals surface area contributed by atoms with Crippen LogP contribution in [0, 0.1) is 0 Å². The van der Waals surface area contributed by atoms with Crippen molar-refractivity contribution < 1.29 is 13.6 Å². The summed E-state index contributed by atoms with van der Waals surface area (Å²) < 4.78 is 28.6. The van der Waals surface area contributed by atoms with E-state index in [1.165, 1.54) is 10.5 Å². The van der Waals surface area contributed by atoms with Gasteiger partial charge in [-0.05, 0) is 17.4 Å². The molecule has 0 radical (unpaired) electrons. The number of likely N-dealkylation sites (tertiary alicyclic amines) is 1. The molecule has 2 atom stereocenters. The molecular weight excluding hydrogens is 376 g/mol. The van der Waals surface area contributed by atoms with Crippen molar-refractivity contribution in [3.05, 3.63) is 36.0 Å². The van der Waals surface area contributed by atoms with Crippen molar-refractivity contribution in [1.29, 1.82) is 0 Å². The molecule has 0 spiro atoms. The topological polar surface area (TPSA) is 63.1 Å². The predicted octanol–water partition coefficient (Wildman–Crippen LogP) is 3.01. The fourth-order valence-corrected chi connectivity index (χ4v) is 3.98. The number of aromatic nitrogens is 3. The van der Waals surface area contributed by atoms with Gasteiger partial charge in [-0.1, -0.05) is 50.3 Å². The smallest absolute Gasteiger partial charge is 0.267 e. The van der Waals surface area contributed by atoms with Crippen LogP contribution in [0.1, 0.15) is 45.2 Å². The number of carbonyl (C=O) groups excluding carboxylic acids is 1. The highest BCUT2D eigenvalue weighted by atomic mass is 19.3. The van der Waals surface area contributed by atoms with E-state index in [9.17, 15) is 13.6 Å². The molecule has 8 heteroatoms. The summed E-state index contributed by atoms with van der Waals surface area (Å²) in [7, 11) is 0. The molecule has 1 N–H and O–H groups in total. The van der Waals surface area contributed by atoms with E-state index in [0.717, 1.165) is 11.3 Å². The van der Waals surface area contributed by atoms with Crippen LogP contribution in [-0.2, 0) is 10.2 Å². The summed E-state index contributed by atoms with van der Waals surface area (Å²) in [5.74, 6) is -3.01. The second-order valence-electron chi connectivity index (χ2n) is 9.13. The van der Waals surface area contributed by atoms with Crippen LogP contribution >= 0.6 is 0 Å². The first-order chi connectivity index (χ1) is 13.6. The summed E-state index contributed by atoms with van der Waals surface area (Å²) in [5.41, 5.74) is 3.11. The number of carbonyl (C=O) groups is 1. The van der Waals surface area contributed by atoms with Gasteiger partial charge in [-0.2, -0.15) is 0 Å². The molecule has 2 aromatic rings. The normalized spacial score (nSPS) is 24.2. The minimum atomic E-state index is -2.77. The van der Waals surface area contributed by atoms with Crippen molar-refractivity contribution in [2.24, 2.45) is 0 Å². The lowest BCUT2D eigenvalue weighted by Gasteiger charge is -2.20. The van der Waals surface area contributed by atoms with E-state index in [1.54, 1.807) is 4.68 Å². The van der Waals surface area contributed by atoms with Crippen LogP contribution in [0.25, 0.3) is 11.3 Å². The van der Waals surface area contributed by atoms with Gasteiger partial charge in [0.05, 0.1) is 24.8 Å². The molecule has 3 heterocycles. The molecule has 2 fully saturated rings. The zero-order valence-corrected chi connectivity index (χ0v) is 17.0. The fourth-order valence-electron chi connectivity index (χ4n) is 3.98. The molecule has 29 heavy (non-hydrogen) atoms. The van der Waals surface area contributed by atoms with Crippen molar-refractivity contribution in [3.8, 4) is 11.3 Å². The standard InChI is InChI=1S/C21H27F2N5O/c1-20(2,3)15-6-4-14(5-7-15)18-12-28(26-25-18)16-10-17(24-11-16)19(29)27-9-8-21(22,23)13-27/h4-7,12,16-17,24H,8-11,13H2,1-3H3/t16-,17-/m0/s1. The molecule has 2 aliphatic heterocycles. The Morgan fingerprint density at radius 2 is 1.97 bits per heavy atom. The Morgan fingerprint density at radius 3 is 2.59 bits per heavy atom. The van der Waals surface area contributed by atoms with Gasteiger partial charge in [0.15, 0.2) is 0 Å². The maximum atomic E-state index is 13.4. The van der Waals surface area contributed by atoms with E-state index in [2.05, 4.69) is 48.5 Å². The Hall–Kier alpha value is -2.35. The summed E-state index contributed by atoms with van der Waals surface area (Å²) in [6, 6.07) is 7.82. The lowest BCUT2D eigenvalue weighted by molar-refractivity contribution is -0.133. The monoisotopic (exact) mass is 403 g/mol. The maximum absolute atomic E-state index is 13.4. The van der Waals surface area contributed by atoms with Crippen molar-refractivity contribution >= 4 is 5.91 Å². The van der Waals surface area contributed by atoms with Crippen molar-refractivity contribution in [2.75, 3.05) is 19.6 Å². The number of nitrogens with zero attached hydrogens (tertiary/aromatic N) is 4. The third kappa shape index (κ3) is 4.17. The highest BCUT2D eigenvalue weighted by molar-refractivity contribution is 5.82. The molecule has 1 aromatic heterocycles. The molecule has 0 unspecified atom stereocenters. The first kappa shape index (κ1) is 19.9. The van der Waals surface area contributed by atoms with Gasteiger partial charge < -0.3 is 10.2 Å². The molecule has 0 saturated carbocycles. The predicted molar refractivity (Wildman–Crippen MR) is 106 cm³/mol. The number of benzene rings is 1. The van der Waals surface area contributed by atoms with Crippen LogP contribution in [0.4, 0.5) is 8.78 Å². The quantitative estimate of drug-likeness (QED) is 0.856. The molecular formula is C21H27F2N5O. The number of hydrogen-bond donors (Lipinski definition) is 1. The Labute approximate surface area is 169 Å². The van der Waals surface area contributed by atoms with Crippen LogP contribution in [0.2, 0.25) is 0 Å². The molecule has 6 nitrogen and oxygen atoms in total. The third-order valence-electron chi connectivity index (χ3n) is 5.82. The van der Waals surface area contributed by atoms with E-state index in [-0.39, 0.29) is 30.3 Å². The number of halogens is 2. The minimum Gasteiger partial charge on any atom is -0.335 e. The van der Waals surface area contributed by atoms with Gasteiger partial charge >= 0.3 is 0 Å². The summed E-state index contributed by atoms with van der Waals surface area (Å²) in [4.78, 5) is 13.8. The van der Waals surface area contributed by atoms with E-state index >= 15 is 0 Å². The second kappa shape index (κ2) is 7.16. The van der Waals surface area contributed by atoms with Crippen molar-refractivity contribution in [3.63, 3.8) is 0 Å². The molecule has 1 amide bonds. The van der Waals surface area contributed by atoms with Crippen molar-refractivity contribution in [1.82, 2.24) is 25.2 Å². The lowest BCUT2D eigenvalue weighted by Crippen LogP contribution is -2.43. The Balaban J connectivity index is 1.41. The van der Waals surface area contributed by atoms with E-state index in [1.807, 2.05) is 18.3 Å². The van der Waals surface area contributed by atoms with Crippen LogP contribution < -0.4 is 5.32 Å². The number of hydrogen-bond acceptors (Lipinski definition) is 4. The van der Waals surface area contributed by atoms with E-state index in [4.69, 9.17) is 0 Å². The van der Waals surface area contributed by atoms with Crippen LogP contribution in [0.15, 0.2) is 30.5 Å². The molecule has 2 saturated heterocycles. The zero-order chi connectivity index (χ0) is 20.8. The summed E-state index contributed by atoms with van der Waals surface area (Å²) in [6.07, 6.45) is 2.15.